The van der Waals surface area contributed by atoms with Crippen LogP contribution in [-0.4, -0.2) is 58.3 Å². The topological polar surface area (TPSA) is 69.5 Å². The second-order valence-electron chi connectivity index (χ2n) is 10.2. The van der Waals surface area contributed by atoms with Gasteiger partial charge in [-0.2, -0.15) is 0 Å². The van der Waals surface area contributed by atoms with E-state index in [1.807, 2.05) is 18.5 Å². The Bertz CT molecular complexity index is 1190. The lowest BCUT2D eigenvalue weighted by Gasteiger charge is -2.38. The molecule has 5 heterocycles. The van der Waals surface area contributed by atoms with Gasteiger partial charge in [-0.05, 0) is 45.2 Å². The van der Waals surface area contributed by atoms with E-state index in [1.54, 1.807) is 11.3 Å². The molecule has 3 aliphatic rings. The van der Waals surface area contributed by atoms with E-state index in [2.05, 4.69) is 51.2 Å². The number of aliphatic imine (C=N–C) groups is 1. The Balaban J connectivity index is 1.22. The molecular formula is C26H33N7S. The highest BCUT2D eigenvalue weighted by atomic mass is 32.1. The number of rotatable bonds is 4. The zero-order valence-electron chi connectivity index (χ0n) is 20.1. The first kappa shape index (κ1) is 21.9. The molecule has 2 aliphatic heterocycles. The standard InChI is InChI=1S/C26H33N7S/c1-18(2)32-12-14-33(15-13-32)19-6-7-21(28-16-19)30-25-29-17-20-23(31-25)22-24(34-20)27-11-10-26(22)8-4-3-5-9-26/h6-7,11,16-18H,3-5,8-10,12-15H2,1-2H3,(H,28,29,30,31). The Morgan fingerprint density at radius 2 is 1.82 bits per heavy atom. The fourth-order valence-corrected chi connectivity index (χ4v) is 6.96. The van der Waals surface area contributed by atoms with Crippen LogP contribution in [0.3, 0.4) is 0 Å². The summed E-state index contributed by atoms with van der Waals surface area (Å²) in [7, 11) is 0. The van der Waals surface area contributed by atoms with Gasteiger partial charge in [-0.15, -0.1) is 11.3 Å². The van der Waals surface area contributed by atoms with Crippen molar-refractivity contribution in [1.29, 1.82) is 0 Å². The third-order valence-electron chi connectivity index (χ3n) is 7.84. The van der Waals surface area contributed by atoms with E-state index >= 15 is 0 Å². The molecule has 1 spiro atoms. The van der Waals surface area contributed by atoms with Crippen LogP contribution < -0.4 is 10.2 Å². The van der Waals surface area contributed by atoms with Crippen molar-refractivity contribution < 1.29 is 0 Å². The minimum absolute atomic E-state index is 0.207. The zero-order valence-corrected chi connectivity index (χ0v) is 20.9. The molecule has 34 heavy (non-hydrogen) atoms. The predicted octanol–water partition coefficient (Wildman–Crippen LogP) is 5.67. The molecule has 0 atom stereocenters. The lowest BCUT2D eigenvalue weighted by molar-refractivity contribution is 0.209. The molecule has 1 saturated carbocycles. The smallest absolute Gasteiger partial charge is 0.228 e. The number of pyridine rings is 1. The third kappa shape index (κ3) is 3.96. The number of thiophene rings is 1. The van der Waals surface area contributed by atoms with Crippen LogP contribution in [0.4, 0.5) is 22.5 Å². The summed E-state index contributed by atoms with van der Waals surface area (Å²) in [5, 5.41) is 4.48. The van der Waals surface area contributed by atoms with Gasteiger partial charge in [-0.25, -0.2) is 19.9 Å². The van der Waals surface area contributed by atoms with E-state index < -0.39 is 0 Å². The van der Waals surface area contributed by atoms with Crippen LogP contribution in [-0.2, 0) is 5.41 Å². The van der Waals surface area contributed by atoms with E-state index in [0.717, 1.165) is 53.6 Å². The van der Waals surface area contributed by atoms with Crippen LogP contribution in [0, 0.1) is 0 Å². The van der Waals surface area contributed by atoms with Gasteiger partial charge in [-0.3, -0.25) is 4.90 Å². The van der Waals surface area contributed by atoms with Gasteiger partial charge in [0.25, 0.3) is 0 Å². The van der Waals surface area contributed by atoms with Gasteiger partial charge in [0.1, 0.15) is 10.8 Å². The van der Waals surface area contributed by atoms with E-state index in [1.165, 1.54) is 43.4 Å². The molecular weight excluding hydrogens is 442 g/mol. The number of anilines is 3. The summed E-state index contributed by atoms with van der Waals surface area (Å²) in [6.07, 6.45) is 13.5. The molecule has 6 rings (SSSR count). The van der Waals surface area contributed by atoms with Crippen molar-refractivity contribution in [1.82, 2.24) is 19.9 Å². The highest BCUT2D eigenvalue weighted by molar-refractivity contribution is 7.22. The Labute approximate surface area is 205 Å². The quantitative estimate of drug-likeness (QED) is 0.524. The number of nitrogens with zero attached hydrogens (tertiary/aromatic N) is 6. The molecule has 0 amide bonds. The molecule has 0 unspecified atom stereocenters. The number of piperazine rings is 1. The van der Waals surface area contributed by atoms with Crippen molar-refractivity contribution in [3.05, 3.63) is 30.1 Å². The molecule has 178 valence electrons. The molecule has 1 saturated heterocycles. The first-order chi connectivity index (χ1) is 16.6. The zero-order chi connectivity index (χ0) is 23.1. The summed E-state index contributed by atoms with van der Waals surface area (Å²) in [5.41, 5.74) is 3.83. The average Bonchev–Trinajstić information content (AvgIpc) is 3.25. The lowest BCUT2D eigenvalue weighted by Crippen LogP contribution is -2.48. The van der Waals surface area contributed by atoms with Crippen molar-refractivity contribution >= 4 is 50.2 Å². The summed E-state index contributed by atoms with van der Waals surface area (Å²) in [6.45, 7) is 8.82. The molecule has 1 aliphatic carbocycles. The van der Waals surface area contributed by atoms with Gasteiger partial charge >= 0.3 is 0 Å². The molecule has 3 aromatic rings. The summed E-state index contributed by atoms with van der Waals surface area (Å²) < 4.78 is 1.13. The maximum atomic E-state index is 4.99. The first-order valence-electron chi connectivity index (χ1n) is 12.7. The van der Waals surface area contributed by atoms with Crippen molar-refractivity contribution in [2.75, 3.05) is 36.4 Å². The molecule has 7 nitrogen and oxygen atoms in total. The Kier molecular flexibility index (Phi) is 5.73. The molecule has 3 aromatic heterocycles. The van der Waals surface area contributed by atoms with Gasteiger partial charge in [0.15, 0.2) is 0 Å². The highest BCUT2D eigenvalue weighted by Gasteiger charge is 2.40. The van der Waals surface area contributed by atoms with Crippen LogP contribution in [0.15, 0.2) is 29.5 Å². The van der Waals surface area contributed by atoms with Crippen LogP contribution >= 0.6 is 11.3 Å². The molecule has 0 aromatic carbocycles. The van der Waals surface area contributed by atoms with Crippen LogP contribution in [0.2, 0.25) is 0 Å². The normalized spacial score (nSPS) is 20.3. The van der Waals surface area contributed by atoms with E-state index in [9.17, 15) is 0 Å². The van der Waals surface area contributed by atoms with Crippen molar-refractivity contribution in [2.24, 2.45) is 4.99 Å². The van der Waals surface area contributed by atoms with Gasteiger partial charge in [0.2, 0.25) is 5.95 Å². The SMILES string of the molecule is CC(C)N1CCN(c2ccc(Nc3ncc4sc5c(c4n3)C3(CC=N5)CCCCC3)nc2)CC1. The number of hydrogen-bond donors (Lipinski definition) is 1. The van der Waals surface area contributed by atoms with E-state index in [0.29, 0.717) is 12.0 Å². The second kappa shape index (κ2) is 8.89. The fourth-order valence-electron chi connectivity index (χ4n) is 5.86. The Morgan fingerprint density at radius 1 is 1.00 bits per heavy atom. The monoisotopic (exact) mass is 475 g/mol. The van der Waals surface area contributed by atoms with Gasteiger partial charge in [0, 0.05) is 49.4 Å². The number of fused-ring (bicyclic) bond motifs is 4. The molecule has 1 N–H and O–H groups in total. The van der Waals surface area contributed by atoms with Gasteiger partial charge in [-0.1, -0.05) is 19.3 Å². The average molecular weight is 476 g/mol. The summed E-state index contributed by atoms with van der Waals surface area (Å²) in [4.78, 5) is 24.0. The van der Waals surface area contributed by atoms with Crippen molar-refractivity contribution in [3.63, 3.8) is 0 Å². The summed E-state index contributed by atoms with van der Waals surface area (Å²) in [5.74, 6) is 1.39. The minimum atomic E-state index is 0.207. The van der Waals surface area contributed by atoms with Crippen molar-refractivity contribution in [2.45, 2.75) is 63.8 Å². The maximum Gasteiger partial charge on any atom is 0.228 e. The number of hydrogen-bond acceptors (Lipinski definition) is 8. The molecule has 8 heteroatoms. The predicted molar refractivity (Wildman–Crippen MR) is 141 cm³/mol. The number of nitrogens with one attached hydrogen (secondary N) is 1. The fraction of sp³-hybridized carbons (Fsp3) is 0.538. The van der Waals surface area contributed by atoms with E-state index in [4.69, 9.17) is 9.98 Å². The van der Waals surface area contributed by atoms with Crippen LogP contribution in [0.5, 0.6) is 0 Å². The Morgan fingerprint density at radius 3 is 2.56 bits per heavy atom. The van der Waals surface area contributed by atoms with E-state index in [-0.39, 0.29) is 5.41 Å². The molecule has 0 bridgehead atoms. The van der Waals surface area contributed by atoms with Gasteiger partial charge in [0.05, 0.1) is 28.3 Å². The Hall–Kier alpha value is -2.58. The summed E-state index contributed by atoms with van der Waals surface area (Å²) >= 11 is 1.73. The first-order valence-corrected chi connectivity index (χ1v) is 13.5. The highest BCUT2D eigenvalue weighted by Crippen LogP contribution is 2.53. The van der Waals surface area contributed by atoms with Gasteiger partial charge < -0.3 is 10.2 Å². The van der Waals surface area contributed by atoms with Crippen molar-refractivity contribution in [3.8, 4) is 0 Å². The van der Waals surface area contributed by atoms with Crippen LogP contribution in [0.1, 0.15) is 57.9 Å². The molecule has 0 radical (unpaired) electrons. The second-order valence-corrected chi connectivity index (χ2v) is 11.2. The maximum absolute atomic E-state index is 4.99. The minimum Gasteiger partial charge on any atom is -0.368 e. The largest absolute Gasteiger partial charge is 0.368 e. The summed E-state index contributed by atoms with van der Waals surface area (Å²) in [6, 6.07) is 4.79. The lowest BCUT2D eigenvalue weighted by atomic mass is 9.67. The van der Waals surface area contributed by atoms with Crippen LogP contribution in [0.25, 0.3) is 10.2 Å². The third-order valence-corrected chi connectivity index (χ3v) is 8.86. The molecule has 2 fully saturated rings. The number of aromatic nitrogens is 3.